The average molecular weight is 576 g/mol. The van der Waals surface area contributed by atoms with Crippen LogP contribution in [0.1, 0.15) is 45.0 Å². The van der Waals surface area contributed by atoms with Crippen LogP contribution < -0.4 is 9.46 Å². The molecule has 39 heavy (non-hydrogen) atoms. The standard InChI is InChI=1S/C27H33N3O7S2/c1-5-8-13-23-28-24(38-4)25(37-27(32)36-7-3)30(23)18-19-14-16-20(17-15-19)21-11-9-10-12-22(21)39(33,34)29-26(31)35-6-2/h9-12,14-17H,5-8,13,18H2,1-4H3,(H,29,31). The molecule has 0 bridgehead atoms. The number of unbranched alkanes of at least 4 members (excludes halogenated alkanes) is 1. The van der Waals surface area contributed by atoms with E-state index in [4.69, 9.17) is 19.2 Å². The summed E-state index contributed by atoms with van der Waals surface area (Å²) in [6.45, 7) is 6.01. The first-order valence-electron chi connectivity index (χ1n) is 12.6. The van der Waals surface area contributed by atoms with Gasteiger partial charge in [0.1, 0.15) is 5.82 Å². The number of hydrogen-bond acceptors (Lipinski definition) is 9. The van der Waals surface area contributed by atoms with Crippen molar-refractivity contribution in [2.45, 2.75) is 56.5 Å². The molecule has 0 saturated carbocycles. The number of sulfonamides is 1. The predicted octanol–water partition coefficient (Wildman–Crippen LogP) is 5.63. The third-order valence-corrected chi connectivity index (χ3v) is 7.66. The molecule has 1 heterocycles. The van der Waals surface area contributed by atoms with Gasteiger partial charge < -0.3 is 14.2 Å². The third-order valence-electron chi connectivity index (χ3n) is 5.64. The minimum absolute atomic E-state index is 0.0444. The first kappa shape index (κ1) is 30.0. The number of nitrogens with one attached hydrogen (secondary N) is 1. The highest BCUT2D eigenvalue weighted by molar-refractivity contribution is 7.98. The van der Waals surface area contributed by atoms with E-state index in [0.29, 0.717) is 35.0 Å². The third kappa shape index (κ3) is 7.76. The molecule has 2 aromatic carbocycles. The van der Waals surface area contributed by atoms with Crippen LogP contribution in [0, 0.1) is 0 Å². The normalized spacial score (nSPS) is 11.2. The van der Waals surface area contributed by atoms with E-state index in [1.165, 1.54) is 17.8 Å². The van der Waals surface area contributed by atoms with Crippen LogP contribution >= 0.6 is 11.8 Å². The molecular weight excluding hydrogens is 542 g/mol. The summed E-state index contributed by atoms with van der Waals surface area (Å²) in [5.74, 6) is 1.13. The monoisotopic (exact) mass is 575 g/mol. The van der Waals surface area contributed by atoms with Crippen molar-refractivity contribution in [2.75, 3.05) is 19.5 Å². The van der Waals surface area contributed by atoms with Crippen LogP contribution in [0.5, 0.6) is 5.88 Å². The average Bonchev–Trinajstić information content (AvgIpc) is 3.23. The van der Waals surface area contributed by atoms with E-state index in [1.807, 2.05) is 27.7 Å². The predicted molar refractivity (Wildman–Crippen MR) is 149 cm³/mol. The highest BCUT2D eigenvalue weighted by Crippen LogP contribution is 2.32. The van der Waals surface area contributed by atoms with Crippen LogP contribution in [-0.2, 0) is 32.5 Å². The maximum atomic E-state index is 12.9. The number of aryl methyl sites for hydroxylation is 1. The Hall–Kier alpha value is -3.51. The quantitative estimate of drug-likeness (QED) is 0.216. The molecule has 0 fully saturated rings. The molecular formula is C27H33N3O7S2. The van der Waals surface area contributed by atoms with Crippen molar-refractivity contribution in [3.05, 3.63) is 59.9 Å². The Morgan fingerprint density at radius 3 is 2.33 bits per heavy atom. The minimum Gasteiger partial charge on any atom is -0.449 e. The number of amides is 1. The summed E-state index contributed by atoms with van der Waals surface area (Å²) in [5, 5.41) is 0.596. The summed E-state index contributed by atoms with van der Waals surface area (Å²) in [4.78, 5) is 28.6. The van der Waals surface area contributed by atoms with Crippen LogP contribution in [0.25, 0.3) is 11.1 Å². The lowest BCUT2D eigenvalue weighted by Crippen LogP contribution is -2.31. The number of thioether (sulfide) groups is 1. The van der Waals surface area contributed by atoms with Crippen molar-refractivity contribution in [1.82, 2.24) is 14.3 Å². The highest BCUT2D eigenvalue weighted by atomic mass is 32.2. The van der Waals surface area contributed by atoms with Gasteiger partial charge in [0.2, 0.25) is 5.88 Å². The van der Waals surface area contributed by atoms with Crippen molar-refractivity contribution >= 4 is 34.0 Å². The number of carbonyl (C=O) groups excluding carboxylic acids is 2. The van der Waals surface area contributed by atoms with Gasteiger partial charge in [-0.05, 0) is 43.7 Å². The SMILES string of the molecule is CCCCc1nc(SC)c(OC(=O)OCC)n1Cc1ccc(-c2ccccc2S(=O)(=O)NC(=O)OCC)cc1. The van der Waals surface area contributed by atoms with Gasteiger partial charge in [0.25, 0.3) is 10.0 Å². The Balaban J connectivity index is 1.94. The second-order valence-corrected chi connectivity index (χ2v) is 10.8. The van der Waals surface area contributed by atoms with E-state index in [1.54, 1.807) is 44.2 Å². The number of hydrogen-bond donors (Lipinski definition) is 1. The Morgan fingerprint density at radius 2 is 1.69 bits per heavy atom. The molecule has 0 aliphatic rings. The molecule has 0 aliphatic heterocycles. The molecule has 3 rings (SSSR count). The van der Waals surface area contributed by atoms with Gasteiger partial charge >= 0.3 is 12.2 Å². The number of carbonyl (C=O) groups is 2. The molecule has 1 aromatic heterocycles. The Labute approximate surface area is 233 Å². The lowest BCUT2D eigenvalue weighted by molar-refractivity contribution is 0.0998. The summed E-state index contributed by atoms with van der Waals surface area (Å²) in [7, 11) is -4.16. The van der Waals surface area contributed by atoms with Crippen molar-refractivity contribution in [3.63, 3.8) is 0 Å². The Kier molecular flexibility index (Phi) is 10.8. The van der Waals surface area contributed by atoms with Crippen molar-refractivity contribution in [1.29, 1.82) is 0 Å². The molecule has 0 unspecified atom stereocenters. The fourth-order valence-corrected chi connectivity index (χ4v) is 5.49. The number of nitrogens with zero attached hydrogens (tertiary/aromatic N) is 2. The molecule has 3 aromatic rings. The van der Waals surface area contributed by atoms with E-state index < -0.39 is 22.3 Å². The van der Waals surface area contributed by atoms with Gasteiger partial charge in [-0.25, -0.2) is 27.7 Å². The molecule has 210 valence electrons. The molecule has 0 atom stereocenters. The van der Waals surface area contributed by atoms with Gasteiger partial charge in [-0.2, -0.15) is 0 Å². The minimum atomic E-state index is -4.16. The largest absolute Gasteiger partial charge is 0.515 e. The molecule has 1 N–H and O–H groups in total. The molecule has 12 heteroatoms. The molecule has 1 amide bonds. The Morgan fingerprint density at radius 1 is 1.00 bits per heavy atom. The van der Waals surface area contributed by atoms with Gasteiger partial charge in [0.15, 0.2) is 5.03 Å². The zero-order valence-electron chi connectivity index (χ0n) is 22.4. The zero-order chi connectivity index (χ0) is 28.4. The summed E-state index contributed by atoms with van der Waals surface area (Å²) in [6.07, 6.45) is 2.66. The van der Waals surface area contributed by atoms with Crippen LogP contribution in [0.2, 0.25) is 0 Å². The summed E-state index contributed by atoms with van der Waals surface area (Å²) in [6, 6.07) is 13.8. The molecule has 0 spiro atoms. The van der Waals surface area contributed by atoms with Gasteiger partial charge in [-0.1, -0.05) is 55.8 Å². The van der Waals surface area contributed by atoms with Crippen molar-refractivity contribution < 1.29 is 32.2 Å². The van der Waals surface area contributed by atoms with E-state index in [-0.39, 0.29) is 18.1 Å². The maximum absolute atomic E-state index is 12.9. The fourth-order valence-electron chi connectivity index (χ4n) is 3.84. The second-order valence-electron chi connectivity index (χ2n) is 8.34. The zero-order valence-corrected chi connectivity index (χ0v) is 24.1. The fraction of sp³-hybridized carbons (Fsp3) is 0.370. The smallest absolute Gasteiger partial charge is 0.449 e. The van der Waals surface area contributed by atoms with Crippen LogP contribution in [0.15, 0.2) is 58.5 Å². The number of rotatable bonds is 12. The number of benzene rings is 2. The topological polar surface area (TPSA) is 126 Å². The van der Waals surface area contributed by atoms with E-state index >= 15 is 0 Å². The lowest BCUT2D eigenvalue weighted by Gasteiger charge is -2.14. The van der Waals surface area contributed by atoms with Gasteiger partial charge in [-0.15, -0.1) is 11.8 Å². The summed E-state index contributed by atoms with van der Waals surface area (Å²) < 4.78 is 44.8. The molecule has 0 radical (unpaired) electrons. The Bertz CT molecular complexity index is 1390. The number of ether oxygens (including phenoxy) is 3. The highest BCUT2D eigenvalue weighted by Gasteiger charge is 2.23. The summed E-state index contributed by atoms with van der Waals surface area (Å²) in [5.41, 5.74) is 1.97. The summed E-state index contributed by atoms with van der Waals surface area (Å²) >= 11 is 1.38. The number of imidazole rings is 1. The van der Waals surface area contributed by atoms with Crippen LogP contribution in [0.3, 0.4) is 0 Å². The van der Waals surface area contributed by atoms with Gasteiger partial charge in [0, 0.05) is 12.0 Å². The van der Waals surface area contributed by atoms with Crippen LogP contribution in [-0.4, -0.2) is 49.7 Å². The number of aromatic nitrogens is 2. The molecule has 0 saturated heterocycles. The van der Waals surface area contributed by atoms with Gasteiger partial charge in [0.05, 0.1) is 24.7 Å². The van der Waals surface area contributed by atoms with E-state index in [9.17, 15) is 18.0 Å². The van der Waals surface area contributed by atoms with E-state index in [0.717, 1.165) is 24.2 Å². The molecule has 10 nitrogen and oxygen atoms in total. The van der Waals surface area contributed by atoms with Crippen molar-refractivity contribution in [2.24, 2.45) is 0 Å². The molecule has 0 aliphatic carbocycles. The lowest BCUT2D eigenvalue weighted by atomic mass is 10.0. The first-order valence-corrected chi connectivity index (χ1v) is 15.3. The van der Waals surface area contributed by atoms with Crippen LogP contribution in [0.4, 0.5) is 9.59 Å². The van der Waals surface area contributed by atoms with Crippen molar-refractivity contribution in [3.8, 4) is 17.0 Å². The van der Waals surface area contributed by atoms with Gasteiger partial charge in [-0.3, -0.25) is 4.57 Å². The maximum Gasteiger partial charge on any atom is 0.515 e. The first-order chi connectivity index (χ1) is 18.7. The van der Waals surface area contributed by atoms with E-state index in [2.05, 4.69) is 6.92 Å². The second kappa shape index (κ2) is 14.0.